The van der Waals surface area contributed by atoms with E-state index in [9.17, 15) is 14.4 Å². The minimum atomic E-state index is -0.800. The van der Waals surface area contributed by atoms with Crippen LogP contribution in [0, 0.1) is 0 Å². The molecule has 0 spiro atoms. The molecule has 0 amide bonds. The maximum atomic E-state index is 12.9. The second-order valence-corrected chi connectivity index (χ2v) is 18.8. The molecule has 394 valence electrons. The number of esters is 3. The van der Waals surface area contributed by atoms with Gasteiger partial charge in [-0.05, 0) is 122 Å². The molecule has 0 N–H and O–H groups in total. The zero-order valence-corrected chi connectivity index (χ0v) is 45.0. The average molecular weight is 960 g/mol. The lowest BCUT2D eigenvalue weighted by Gasteiger charge is -2.18. The van der Waals surface area contributed by atoms with Crippen molar-refractivity contribution >= 4 is 17.9 Å². The Bertz CT molecular complexity index is 1380. The zero-order valence-electron chi connectivity index (χ0n) is 45.0. The van der Waals surface area contributed by atoms with E-state index in [2.05, 4.69) is 118 Å². The molecule has 1 unspecified atom stereocenters. The van der Waals surface area contributed by atoms with E-state index in [1.165, 1.54) is 109 Å². The van der Waals surface area contributed by atoms with Gasteiger partial charge in [0.2, 0.25) is 0 Å². The van der Waals surface area contributed by atoms with Crippen molar-refractivity contribution in [2.45, 2.75) is 271 Å². The van der Waals surface area contributed by atoms with Gasteiger partial charge >= 0.3 is 17.9 Å². The second-order valence-electron chi connectivity index (χ2n) is 18.8. The van der Waals surface area contributed by atoms with Gasteiger partial charge in [-0.3, -0.25) is 14.4 Å². The van der Waals surface area contributed by atoms with Gasteiger partial charge in [0.25, 0.3) is 0 Å². The molecule has 0 aliphatic rings. The molecule has 0 fully saturated rings. The van der Waals surface area contributed by atoms with Crippen molar-refractivity contribution in [1.82, 2.24) is 0 Å². The number of allylic oxidation sites excluding steroid dienone is 16. The molecule has 0 aromatic carbocycles. The van der Waals surface area contributed by atoms with Crippen LogP contribution in [-0.4, -0.2) is 37.2 Å². The van der Waals surface area contributed by atoms with Crippen LogP contribution in [0.2, 0.25) is 0 Å². The van der Waals surface area contributed by atoms with Crippen molar-refractivity contribution in [2.24, 2.45) is 0 Å². The lowest BCUT2D eigenvalue weighted by molar-refractivity contribution is -0.167. The van der Waals surface area contributed by atoms with Gasteiger partial charge < -0.3 is 14.2 Å². The molecule has 0 bridgehead atoms. The summed E-state index contributed by atoms with van der Waals surface area (Å²) in [5.74, 6) is -0.942. The molecular weight excluding hydrogens is 853 g/mol. The van der Waals surface area contributed by atoms with Gasteiger partial charge in [0.1, 0.15) is 13.2 Å². The van der Waals surface area contributed by atoms with Crippen molar-refractivity contribution < 1.29 is 28.6 Å². The van der Waals surface area contributed by atoms with E-state index in [4.69, 9.17) is 14.2 Å². The molecule has 0 saturated carbocycles. The Morgan fingerprint density at radius 1 is 0.304 bits per heavy atom. The Balaban J connectivity index is 4.47. The summed E-state index contributed by atoms with van der Waals surface area (Å²) in [5.41, 5.74) is 0. The number of unbranched alkanes of at least 4 members (excludes halogenated alkanes) is 24. The second kappa shape index (κ2) is 56.9. The fraction of sp³-hybridized carbons (Fsp3) is 0.698. The van der Waals surface area contributed by atoms with Crippen molar-refractivity contribution in [2.75, 3.05) is 13.2 Å². The molecule has 6 nitrogen and oxygen atoms in total. The number of hydrogen-bond donors (Lipinski definition) is 0. The highest BCUT2D eigenvalue weighted by Crippen LogP contribution is 2.14. The lowest BCUT2D eigenvalue weighted by atomic mass is 10.1. The Kier molecular flexibility index (Phi) is 53.9. The topological polar surface area (TPSA) is 78.9 Å². The Hall–Kier alpha value is -3.67. The summed E-state index contributed by atoms with van der Waals surface area (Å²) in [6.07, 6.45) is 75.3. The normalized spacial score (nSPS) is 12.8. The molecule has 0 saturated heterocycles. The predicted octanol–water partition coefficient (Wildman–Crippen LogP) is 19.3. The summed E-state index contributed by atoms with van der Waals surface area (Å²) in [6.45, 7) is 6.46. The molecule has 69 heavy (non-hydrogen) atoms. The molecule has 0 rings (SSSR count). The van der Waals surface area contributed by atoms with Crippen LogP contribution in [0.15, 0.2) is 97.2 Å². The number of hydrogen-bond acceptors (Lipinski definition) is 6. The highest BCUT2D eigenvalue weighted by molar-refractivity contribution is 5.71. The Labute approximate surface area is 426 Å². The molecular formula is C63H106O6. The van der Waals surface area contributed by atoms with Gasteiger partial charge in [0.05, 0.1) is 0 Å². The average Bonchev–Trinajstić information content (AvgIpc) is 3.35. The molecule has 0 radical (unpaired) electrons. The summed E-state index contributed by atoms with van der Waals surface area (Å²) in [7, 11) is 0. The lowest BCUT2D eigenvalue weighted by Crippen LogP contribution is -2.30. The summed E-state index contributed by atoms with van der Waals surface area (Å²) in [6, 6.07) is 0. The van der Waals surface area contributed by atoms with Crippen LogP contribution in [0.25, 0.3) is 0 Å². The van der Waals surface area contributed by atoms with Gasteiger partial charge in [0.15, 0.2) is 6.10 Å². The van der Waals surface area contributed by atoms with Crippen LogP contribution in [0.4, 0.5) is 0 Å². The van der Waals surface area contributed by atoms with Crippen molar-refractivity contribution in [1.29, 1.82) is 0 Å². The molecule has 0 aromatic heterocycles. The summed E-state index contributed by atoms with van der Waals surface area (Å²) in [5, 5.41) is 0. The van der Waals surface area contributed by atoms with E-state index in [1.54, 1.807) is 0 Å². The van der Waals surface area contributed by atoms with Crippen LogP contribution in [0.3, 0.4) is 0 Å². The van der Waals surface area contributed by atoms with Crippen LogP contribution < -0.4 is 0 Å². The third-order valence-corrected chi connectivity index (χ3v) is 12.0. The molecule has 6 heteroatoms. The van der Waals surface area contributed by atoms with Crippen molar-refractivity contribution in [3.63, 3.8) is 0 Å². The molecule has 0 aliphatic heterocycles. The van der Waals surface area contributed by atoms with Crippen molar-refractivity contribution in [3.05, 3.63) is 97.2 Å². The Morgan fingerprint density at radius 2 is 0.565 bits per heavy atom. The number of rotatable bonds is 51. The molecule has 0 aromatic rings. The van der Waals surface area contributed by atoms with Gasteiger partial charge in [-0.2, -0.15) is 0 Å². The minimum Gasteiger partial charge on any atom is -0.462 e. The van der Waals surface area contributed by atoms with E-state index < -0.39 is 6.10 Å². The first-order valence-electron chi connectivity index (χ1n) is 28.7. The van der Waals surface area contributed by atoms with Crippen LogP contribution in [0.1, 0.15) is 265 Å². The quantitative estimate of drug-likeness (QED) is 0.0262. The standard InChI is InChI=1S/C63H106O6/c1-4-7-10-13-16-19-22-25-28-30-32-34-35-38-41-44-47-50-53-56-62(65)68-59-60(58-67-61(64)55-52-49-46-43-40-37-27-24-21-18-15-12-9-6-3)69-63(66)57-54-51-48-45-42-39-36-33-31-29-26-23-20-17-14-11-8-5-2/h7,10,16,19-20,23-25,27-29,31-32,34,38,41,60H,4-6,8-9,11-15,17-18,21-22,26,30,33,35-37,39-40,42-59H2,1-3H3/b10-7-,19-16-,23-20-,27-24-,28-25-,31-29-,34-32-,41-38-. The number of carbonyl (C=O) groups excluding carboxylic acids is 3. The Morgan fingerprint density at radius 3 is 0.928 bits per heavy atom. The van der Waals surface area contributed by atoms with E-state index in [0.29, 0.717) is 19.3 Å². The third kappa shape index (κ3) is 55.1. The van der Waals surface area contributed by atoms with E-state index >= 15 is 0 Å². The van der Waals surface area contributed by atoms with Crippen LogP contribution >= 0.6 is 0 Å². The first-order chi connectivity index (χ1) is 34.0. The highest BCUT2D eigenvalue weighted by Gasteiger charge is 2.19. The fourth-order valence-electron chi connectivity index (χ4n) is 7.73. The van der Waals surface area contributed by atoms with E-state index in [1.807, 2.05) is 0 Å². The molecule has 0 aliphatic carbocycles. The smallest absolute Gasteiger partial charge is 0.306 e. The summed E-state index contributed by atoms with van der Waals surface area (Å²) in [4.78, 5) is 38.2. The largest absolute Gasteiger partial charge is 0.462 e. The van der Waals surface area contributed by atoms with Gasteiger partial charge in [-0.15, -0.1) is 0 Å². The summed E-state index contributed by atoms with van der Waals surface area (Å²) >= 11 is 0. The maximum Gasteiger partial charge on any atom is 0.306 e. The fourth-order valence-corrected chi connectivity index (χ4v) is 7.73. The molecule has 0 heterocycles. The minimum absolute atomic E-state index is 0.0962. The third-order valence-electron chi connectivity index (χ3n) is 12.0. The summed E-state index contributed by atoms with van der Waals surface area (Å²) < 4.78 is 16.8. The number of ether oxygens (including phenoxy) is 3. The van der Waals surface area contributed by atoms with Gasteiger partial charge in [0, 0.05) is 19.3 Å². The van der Waals surface area contributed by atoms with Crippen LogP contribution in [0.5, 0.6) is 0 Å². The van der Waals surface area contributed by atoms with E-state index in [0.717, 1.165) is 116 Å². The first kappa shape index (κ1) is 65.3. The van der Waals surface area contributed by atoms with Crippen LogP contribution in [-0.2, 0) is 28.6 Å². The van der Waals surface area contributed by atoms with E-state index in [-0.39, 0.29) is 31.1 Å². The zero-order chi connectivity index (χ0) is 50.0. The predicted molar refractivity (Wildman–Crippen MR) is 297 cm³/mol. The maximum absolute atomic E-state index is 12.9. The highest BCUT2D eigenvalue weighted by atomic mass is 16.6. The first-order valence-corrected chi connectivity index (χ1v) is 28.7. The molecule has 1 atom stereocenters. The monoisotopic (exact) mass is 959 g/mol. The van der Waals surface area contributed by atoms with Gasteiger partial charge in [-0.1, -0.05) is 221 Å². The van der Waals surface area contributed by atoms with Crippen molar-refractivity contribution in [3.8, 4) is 0 Å². The van der Waals surface area contributed by atoms with Gasteiger partial charge in [-0.25, -0.2) is 0 Å². The SMILES string of the molecule is CC/C=C\C/C=C\C/C=C\C/C=C\C/C=C\CCCCCC(=O)OCC(COC(=O)CCCCCCC/C=C\CCCCCCC)OC(=O)CCCCCCCCC/C=C\C/C=C\CCCCCC. The number of carbonyl (C=O) groups is 3.